The topological polar surface area (TPSA) is 87.2 Å². The van der Waals surface area contributed by atoms with Crippen molar-refractivity contribution in [3.63, 3.8) is 0 Å². The molecule has 8 nitrogen and oxygen atoms in total. The first-order chi connectivity index (χ1) is 15.4. The molecule has 3 heterocycles. The van der Waals surface area contributed by atoms with Crippen LogP contribution in [0.3, 0.4) is 0 Å². The smallest absolute Gasteiger partial charge is 0.309 e. The highest BCUT2D eigenvalue weighted by Crippen LogP contribution is 2.33. The molecule has 3 aliphatic rings. The van der Waals surface area contributed by atoms with Crippen LogP contribution in [0.2, 0.25) is 0 Å². The summed E-state index contributed by atoms with van der Waals surface area (Å²) in [5.74, 6) is -0.892. The van der Waals surface area contributed by atoms with Crippen LogP contribution in [0.4, 0.5) is 5.69 Å². The Hall–Kier alpha value is -2.90. The normalized spacial score (nSPS) is 22.7. The lowest BCUT2D eigenvalue weighted by Crippen LogP contribution is -2.56. The highest BCUT2D eigenvalue weighted by atomic mass is 16.5. The fraction of sp³-hybridized carbons (Fsp3) is 0.583. The first-order valence-corrected chi connectivity index (χ1v) is 11.6. The monoisotopic (exact) mass is 441 g/mol. The fourth-order valence-corrected chi connectivity index (χ4v) is 5.10. The van der Waals surface area contributed by atoms with Gasteiger partial charge in [-0.05, 0) is 58.1 Å². The molecule has 1 aromatic rings. The maximum absolute atomic E-state index is 13.6. The number of hydrogen-bond acceptors (Lipinski definition) is 5. The van der Waals surface area contributed by atoms with Crippen LogP contribution in [0.25, 0.3) is 0 Å². The van der Waals surface area contributed by atoms with Crippen molar-refractivity contribution < 1.29 is 23.9 Å². The molecule has 2 fully saturated rings. The molecule has 32 heavy (non-hydrogen) atoms. The van der Waals surface area contributed by atoms with E-state index in [0.717, 1.165) is 12.8 Å². The van der Waals surface area contributed by atoms with E-state index >= 15 is 0 Å². The summed E-state index contributed by atoms with van der Waals surface area (Å²) in [6, 6.07) is 5.79. The summed E-state index contributed by atoms with van der Waals surface area (Å²) >= 11 is 0. The first-order valence-electron chi connectivity index (χ1n) is 11.6. The van der Waals surface area contributed by atoms with Crippen molar-refractivity contribution in [1.29, 1.82) is 0 Å². The molecule has 0 aliphatic carbocycles. The van der Waals surface area contributed by atoms with Gasteiger partial charge in [0.1, 0.15) is 12.1 Å². The number of para-hydroxylation sites is 1. The molecule has 172 valence electrons. The summed E-state index contributed by atoms with van der Waals surface area (Å²) in [7, 11) is 0. The second kappa shape index (κ2) is 9.30. The standard InChI is InChI=1S/C24H31N3O5/c1-3-32-24(31)17-11-14-25(15-12-17)21(28)16(2)27-19-9-5-4-8-18(19)22(29)26-13-7-6-10-20(26)23(27)30/h4-5,8-9,16-17,20H,3,6-7,10-15H2,1-2H3/t16-,20+/m0/s1. The van der Waals surface area contributed by atoms with Crippen LogP contribution >= 0.6 is 0 Å². The van der Waals surface area contributed by atoms with Crippen LogP contribution in [0.5, 0.6) is 0 Å². The minimum atomic E-state index is -0.738. The first kappa shape index (κ1) is 22.3. The molecular formula is C24H31N3O5. The number of carbonyl (C=O) groups excluding carboxylic acids is 4. The Morgan fingerprint density at radius 2 is 1.78 bits per heavy atom. The number of likely N-dealkylation sites (tertiary alicyclic amines) is 1. The minimum Gasteiger partial charge on any atom is -0.466 e. The van der Waals surface area contributed by atoms with Gasteiger partial charge in [-0.25, -0.2) is 0 Å². The fourth-order valence-electron chi connectivity index (χ4n) is 5.10. The zero-order valence-corrected chi connectivity index (χ0v) is 18.8. The Kier molecular flexibility index (Phi) is 6.48. The minimum absolute atomic E-state index is 0.143. The third kappa shape index (κ3) is 3.98. The van der Waals surface area contributed by atoms with E-state index in [0.29, 0.717) is 56.8 Å². The van der Waals surface area contributed by atoms with Gasteiger partial charge >= 0.3 is 5.97 Å². The van der Waals surface area contributed by atoms with E-state index < -0.39 is 12.1 Å². The van der Waals surface area contributed by atoms with E-state index in [1.54, 1.807) is 47.9 Å². The van der Waals surface area contributed by atoms with Crippen molar-refractivity contribution in [2.24, 2.45) is 5.92 Å². The van der Waals surface area contributed by atoms with Crippen molar-refractivity contribution in [2.75, 3.05) is 31.1 Å². The number of piperidine rings is 2. The molecule has 4 rings (SSSR count). The largest absolute Gasteiger partial charge is 0.466 e. The Morgan fingerprint density at radius 1 is 1.06 bits per heavy atom. The number of anilines is 1. The summed E-state index contributed by atoms with van der Waals surface area (Å²) in [6.45, 7) is 5.32. The lowest BCUT2D eigenvalue weighted by atomic mass is 9.96. The molecule has 0 radical (unpaired) electrons. The number of rotatable bonds is 4. The van der Waals surface area contributed by atoms with Crippen LogP contribution < -0.4 is 4.90 Å². The molecule has 2 atom stereocenters. The molecule has 0 bridgehead atoms. The van der Waals surface area contributed by atoms with Crippen LogP contribution in [0.15, 0.2) is 24.3 Å². The lowest BCUT2D eigenvalue weighted by Gasteiger charge is -2.38. The lowest BCUT2D eigenvalue weighted by molar-refractivity contribution is -0.151. The average Bonchev–Trinajstić information content (AvgIpc) is 2.92. The van der Waals surface area contributed by atoms with Gasteiger partial charge in [0.2, 0.25) is 5.91 Å². The van der Waals surface area contributed by atoms with Gasteiger partial charge in [-0.2, -0.15) is 0 Å². The van der Waals surface area contributed by atoms with E-state index in [-0.39, 0.29) is 29.6 Å². The maximum atomic E-state index is 13.6. The molecule has 1 aromatic carbocycles. The number of benzene rings is 1. The number of carbonyl (C=O) groups is 4. The van der Waals surface area contributed by atoms with E-state index in [4.69, 9.17) is 4.74 Å². The van der Waals surface area contributed by atoms with Gasteiger partial charge in [0.05, 0.1) is 23.8 Å². The SMILES string of the molecule is CCOC(=O)C1CCN(C(=O)[C@H](C)N2C(=O)[C@H]3CCCCN3C(=O)c3ccccc32)CC1. The van der Waals surface area contributed by atoms with Crippen LogP contribution in [-0.2, 0) is 19.1 Å². The molecule has 3 aliphatic heterocycles. The van der Waals surface area contributed by atoms with Crippen molar-refractivity contribution >= 4 is 29.4 Å². The van der Waals surface area contributed by atoms with Gasteiger partial charge in [-0.3, -0.25) is 24.1 Å². The quantitative estimate of drug-likeness (QED) is 0.669. The van der Waals surface area contributed by atoms with Crippen molar-refractivity contribution in [1.82, 2.24) is 9.80 Å². The van der Waals surface area contributed by atoms with Gasteiger partial charge in [0.15, 0.2) is 0 Å². The van der Waals surface area contributed by atoms with E-state index in [1.807, 2.05) is 0 Å². The Balaban J connectivity index is 1.57. The molecule has 3 amide bonds. The summed E-state index contributed by atoms with van der Waals surface area (Å²) in [5, 5.41) is 0. The second-order valence-electron chi connectivity index (χ2n) is 8.76. The summed E-state index contributed by atoms with van der Waals surface area (Å²) in [4.78, 5) is 57.2. The molecule has 0 N–H and O–H groups in total. The average molecular weight is 442 g/mol. The van der Waals surface area contributed by atoms with Gasteiger partial charge in [-0.15, -0.1) is 0 Å². The molecule has 8 heteroatoms. The number of esters is 1. The van der Waals surface area contributed by atoms with Gasteiger partial charge in [0.25, 0.3) is 11.8 Å². The Bertz CT molecular complexity index is 909. The number of amides is 3. The van der Waals surface area contributed by atoms with Crippen LogP contribution in [-0.4, -0.2) is 71.8 Å². The zero-order chi connectivity index (χ0) is 22.8. The maximum Gasteiger partial charge on any atom is 0.309 e. The third-order valence-corrected chi connectivity index (χ3v) is 6.85. The molecule has 2 saturated heterocycles. The van der Waals surface area contributed by atoms with E-state index in [9.17, 15) is 19.2 Å². The van der Waals surface area contributed by atoms with Crippen molar-refractivity contribution in [3.8, 4) is 0 Å². The van der Waals surface area contributed by atoms with E-state index in [1.165, 1.54) is 4.90 Å². The Morgan fingerprint density at radius 3 is 2.50 bits per heavy atom. The highest BCUT2D eigenvalue weighted by molar-refractivity contribution is 6.13. The molecule has 0 saturated carbocycles. The van der Waals surface area contributed by atoms with Gasteiger partial charge in [0, 0.05) is 19.6 Å². The Labute approximate surface area is 188 Å². The highest BCUT2D eigenvalue weighted by Gasteiger charge is 2.44. The van der Waals surface area contributed by atoms with E-state index in [2.05, 4.69) is 0 Å². The molecule has 0 aromatic heterocycles. The number of nitrogens with zero attached hydrogens (tertiary/aromatic N) is 3. The number of hydrogen-bond donors (Lipinski definition) is 0. The number of ether oxygens (including phenoxy) is 1. The van der Waals surface area contributed by atoms with Crippen LogP contribution in [0, 0.1) is 5.92 Å². The van der Waals surface area contributed by atoms with Crippen molar-refractivity contribution in [2.45, 2.75) is 58.0 Å². The predicted molar refractivity (Wildman–Crippen MR) is 118 cm³/mol. The third-order valence-electron chi connectivity index (χ3n) is 6.85. The summed E-state index contributed by atoms with van der Waals surface area (Å²) < 4.78 is 5.12. The number of fused-ring (bicyclic) bond motifs is 2. The van der Waals surface area contributed by atoms with Crippen LogP contribution in [0.1, 0.15) is 56.3 Å². The summed E-state index contributed by atoms with van der Waals surface area (Å²) in [5.41, 5.74) is 0.963. The predicted octanol–water partition coefficient (Wildman–Crippen LogP) is 2.22. The van der Waals surface area contributed by atoms with Crippen molar-refractivity contribution in [3.05, 3.63) is 29.8 Å². The summed E-state index contributed by atoms with van der Waals surface area (Å²) in [6.07, 6.45) is 3.48. The van der Waals surface area contributed by atoms with Gasteiger partial charge in [-0.1, -0.05) is 12.1 Å². The van der Waals surface area contributed by atoms with Gasteiger partial charge < -0.3 is 14.5 Å². The second-order valence-corrected chi connectivity index (χ2v) is 8.76. The molecular weight excluding hydrogens is 410 g/mol. The molecule has 0 spiro atoms. The molecule has 0 unspecified atom stereocenters. The zero-order valence-electron chi connectivity index (χ0n) is 18.8.